The zero-order valence-electron chi connectivity index (χ0n) is 16.2. The molecule has 0 aliphatic carbocycles. The minimum Gasteiger partial charge on any atom is -0.497 e. The minimum absolute atomic E-state index is 0.000649. The van der Waals surface area contributed by atoms with E-state index >= 15 is 0 Å². The zero-order chi connectivity index (χ0) is 20.5. The molecule has 2 aromatic rings. The molecule has 0 bridgehead atoms. The predicted octanol–water partition coefficient (Wildman–Crippen LogP) is 1.39. The quantitative estimate of drug-likeness (QED) is 0.715. The lowest BCUT2D eigenvalue weighted by atomic mass is 10.1. The molecule has 0 spiro atoms. The van der Waals surface area contributed by atoms with E-state index < -0.39 is 19.9 Å². The van der Waals surface area contributed by atoms with Crippen molar-refractivity contribution in [2.45, 2.75) is 37.6 Å². The first kappa shape index (κ1) is 20.8. The molecule has 1 aliphatic rings. The minimum atomic E-state index is -3.75. The number of aryl methyl sites for hydroxylation is 1. The summed E-state index contributed by atoms with van der Waals surface area (Å²) in [6, 6.07) is 7.13. The van der Waals surface area contributed by atoms with Crippen LogP contribution in [0.25, 0.3) is 0 Å². The van der Waals surface area contributed by atoms with Crippen molar-refractivity contribution in [1.82, 2.24) is 14.5 Å². The second-order valence-corrected chi connectivity index (χ2v) is 10.9. The number of hydrogen-bond acceptors (Lipinski definition) is 6. The molecule has 1 saturated heterocycles. The summed E-state index contributed by atoms with van der Waals surface area (Å²) in [5.74, 6) is 0.856. The van der Waals surface area contributed by atoms with Crippen molar-refractivity contribution < 1.29 is 21.6 Å². The second-order valence-electron chi connectivity index (χ2n) is 7.00. The largest absolute Gasteiger partial charge is 0.497 e. The Labute approximate surface area is 165 Å². The number of rotatable bonds is 7. The summed E-state index contributed by atoms with van der Waals surface area (Å²) >= 11 is 0. The maximum atomic E-state index is 12.8. The number of hydrogen-bond donors (Lipinski definition) is 1. The van der Waals surface area contributed by atoms with E-state index in [9.17, 15) is 16.8 Å². The Bertz CT molecular complexity index is 1060. The molecule has 0 amide bonds. The van der Waals surface area contributed by atoms with Crippen LogP contribution in [-0.2, 0) is 26.3 Å². The van der Waals surface area contributed by atoms with E-state index in [1.165, 1.54) is 0 Å². The zero-order valence-corrected chi connectivity index (χ0v) is 17.8. The Balaban J connectivity index is 1.72. The highest BCUT2D eigenvalue weighted by Gasteiger charge is 2.33. The smallest absolute Gasteiger partial charge is 0.244 e. The first-order chi connectivity index (χ1) is 13.1. The van der Waals surface area contributed by atoms with Crippen LogP contribution in [0.2, 0.25) is 0 Å². The van der Waals surface area contributed by atoms with Gasteiger partial charge < -0.3 is 4.74 Å². The van der Waals surface area contributed by atoms with E-state index in [-0.39, 0.29) is 29.0 Å². The summed E-state index contributed by atoms with van der Waals surface area (Å²) in [6.45, 7) is 3.55. The summed E-state index contributed by atoms with van der Waals surface area (Å²) < 4.78 is 58.4. The Morgan fingerprint density at radius 2 is 1.93 bits per heavy atom. The molecule has 3 rings (SSSR count). The van der Waals surface area contributed by atoms with Crippen molar-refractivity contribution in [3.63, 3.8) is 0 Å². The van der Waals surface area contributed by atoms with Crippen molar-refractivity contribution >= 4 is 19.9 Å². The van der Waals surface area contributed by atoms with Crippen LogP contribution in [0.15, 0.2) is 29.2 Å². The monoisotopic (exact) mass is 427 g/mol. The van der Waals surface area contributed by atoms with E-state index in [1.807, 2.05) is 24.3 Å². The Kier molecular flexibility index (Phi) is 5.83. The lowest BCUT2D eigenvalue weighted by molar-refractivity contribution is 0.414. The van der Waals surface area contributed by atoms with Crippen LogP contribution < -0.4 is 9.46 Å². The molecule has 1 aromatic heterocycles. The highest BCUT2D eigenvalue weighted by atomic mass is 32.2. The molecule has 0 saturated carbocycles. The molecule has 1 unspecified atom stereocenters. The van der Waals surface area contributed by atoms with Crippen LogP contribution in [0.4, 0.5) is 0 Å². The van der Waals surface area contributed by atoms with Crippen molar-refractivity contribution in [2.24, 2.45) is 0 Å². The van der Waals surface area contributed by atoms with E-state index in [0.29, 0.717) is 24.2 Å². The molecule has 1 N–H and O–H groups in total. The van der Waals surface area contributed by atoms with Crippen LogP contribution >= 0.6 is 0 Å². The molecular weight excluding hydrogens is 402 g/mol. The van der Waals surface area contributed by atoms with Crippen molar-refractivity contribution in [1.29, 1.82) is 0 Å². The highest BCUT2D eigenvalue weighted by molar-refractivity contribution is 7.91. The number of nitrogens with zero attached hydrogens (tertiary/aromatic N) is 2. The number of sulfonamides is 1. The normalized spacial score (nSPS) is 19.0. The number of benzene rings is 1. The van der Waals surface area contributed by atoms with Crippen LogP contribution in [0.1, 0.15) is 29.4 Å². The van der Waals surface area contributed by atoms with Gasteiger partial charge in [-0.3, -0.25) is 4.68 Å². The van der Waals surface area contributed by atoms with Gasteiger partial charge in [0.2, 0.25) is 10.0 Å². The molecule has 8 nitrogen and oxygen atoms in total. The molecule has 28 heavy (non-hydrogen) atoms. The Morgan fingerprint density at radius 1 is 1.25 bits per heavy atom. The van der Waals surface area contributed by atoms with Gasteiger partial charge in [0.1, 0.15) is 10.6 Å². The van der Waals surface area contributed by atoms with Gasteiger partial charge in [-0.2, -0.15) is 5.10 Å². The standard InChI is InChI=1S/C18H25N3O5S2/c1-13-18(14(2)21(20-13)16-9-11-27(22,23)12-16)28(24,25)19-10-8-15-4-6-17(26-3)7-5-15/h4-7,16,19H,8-12H2,1-3H3. The average molecular weight is 428 g/mol. The summed E-state index contributed by atoms with van der Waals surface area (Å²) in [7, 11) is -5.24. The van der Waals surface area contributed by atoms with Crippen molar-refractivity contribution in [3.8, 4) is 5.75 Å². The lowest BCUT2D eigenvalue weighted by Gasteiger charge is -2.12. The molecular formula is C18H25N3O5S2. The summed E-state index contributed by atoms with van der Waals surface area (Å²) in [5, 5.41) is 4.33. The van der Waals surface area contributed by atoms with E-state index in [2.05, 4.69) is 9.82 Å². The molecule has 1 atom stereocenters. The summed E-state index contributed by atoms with van der Waals surface area (Å²) in [5.41, 5.74) is 1.83. The second kappa shape index (κ2) is 7.84. The molecule has 2 heterocycles. The van der Waals surface area contributed by atoms with Gasteiger partial charge >= 0.3 is 0 Å². The third-order valence-electron chi connectivity index (χ3n) is 4.95. The average Bonchev–Trinajstić information content (AvgIpc) is 3.14. The van der Waals surface area contributed by atoms with Gasteiger partial charge in [0.25, 0.3) is 0 Å². The van der Waals surface area contributed by atoms with Crippen LogP contribution in [0.5, 0.6) is 5.75 Å². The first-order valence-corrected chi connectivity index (χ1v) is 12.3. The topological polar surface area (TPSA) is 107 Å². The highest BCUT2D eigenvalue weighted by Crippen LogP contribution is 2.28. The number of nitrogens with one attached hydrogen (secondary N) is 1. The van der Waals surface area contributed by atoms with Crippen molar-refractivity contribution in [2.75, 3.05) is 25.2 Å². The van der Waals surface area contributed by atoms with E-state index in [0.717, 1.165) is 11.3 Å². The molecule has 154 valence electrons. The fourth-order valence-electron chi connectivity index (χ4n) is 3.55. The Morgan fingerprint density at radius 3 is 2.50 bits per heavy atom. The molecule has 1 aromatic carbocycles. The molecule has 0 radical (unpaired) electrons. The van der Waals surface area contributed by atoms with Gasteiger partial charge in [0, 0.05) is 6.54 Å². The number of methoxy groups -OCH3 is 1. The van der Waals surface area contributed by atoms with Crippen LogP contribution in [0.3, 0.4) is 0 Å². The van der Waals surface area contributed by atoms with E-state index in [4.69, 9.17) is 4.74 Å². The van der Waals surface area contributed by atoms with Gasteiger partial charge in [0.15, 0.2) is 9.84 Å². The Hall–Kier alpha value is -1.91. The maximum Gasteiger partial charge on any atom is 0.244 e. The van der Waals surface area contributed by atoms with Crippen LogP contribution in [-0.4, -0.2) is 51.8 Å². The fraction of sp³-hybridized carbons (Fsp3) is 0.500. The molecule has 1 fully saturated rings. The third-order valence-corrected chi connectivity index (χ3v) is 8.41. The first-order valence-electron chi connectivity index (χ1n) is 9.02. The summed E-state index contributed by atoms with van der Waals surface area (Å²) in [4.78, 5) is 0.131. The molecule has 10 heteroatoms. The number of aromatic nitrogens is 2. The van der Waals surface area contributed by atoms with Gasteiger partial charge in [-0.25, -0.2) is 21.6 Å². The number of sulfone groups is 1. The van der Waals surface area contributed by atoms with Crippen LogP contribution in [0, 0.1) is 13.8 Å². The lowest BCUT2D eigenvalue weighted by Crippen LogP contribution is -2.27. The number of ether oxygens (including phenoxy) is 1. The van der Waals surface area contributed by atoms with Gasteiger partial charge in [0.05, 0.1) is 36.0 Å². The third kappa shape index (κ3) is 4.39. The van der Waals surface area contributed by atoms with E-state index in [1.54, 1.807) is 25.6 Å². The van der Waals surface area contributed by atoms with Gasteiger partial charge in [-0.05, 0) is 44.4 Å². The van der Waals surface area contributed by atoms with Gasteiger partial charge in [-0.1, -0.05) is 12.1 Å². The fourth-order valence-corrected chi connectivity index (χ4v) is 6.67. The van der Waals surface area contributed by atoms with Crippen molar-refractivity contribution in [3.05, 3.63) is 41.2 Å². The summed E-state index contributed by atoms with van der Waals surface area (Å²) in [6.07, 6.45) is 0.991. The molecule has 1 aliphatic heterocycles. The predicted molar refractivity (Wildman–Crippen MR) is 106 cm³/mol. The van der Waals surface area contributed by atoms with Gasteiger partial charge in [-0.15, -0.1) is 0 Å². The maximum absolute atomic E-state index is 12.8. The SMILES string of the molecule is COc1ccc(CCNS(=O)(=O)c2c(C)nn(C3CCS(=O)(=O)C3)c2C)cc1.